The Hall–Kier alpha value is -0.570. The van der Waals surface area contributed by atoms with E-state index >= 15 is 0 Å². The van der Waals surface area contributed by atoms with Crippen molar-refractivity contribution >= 4 is 5.97 Å². The highest BCUT2D eigenvalue weighted by atomic mass is 16.5. The number of hydrogen-bond acceptors (Lipinski definition) is 2. The van der Waals surface area contributed by atoms with E-state index in [0.29, 0.717) is 11.3 Å². The fourth-order valence-electron chi connectivity index (χ4n) is 8.22. The number of carbonyl (C=O) groups is 1. The Morgan fingerprint density at radius 1 is 1.08 bits per heavy atom. The highest BCUT2D eigenvalue weighted by Gasteiger charge is 2.62. The molecule has 0 aromatic heterocycles. The van der Waals surface area contributed by atoms with Crippen LogP contribution in [-0.4, -0.2) is 24.8 Å². The van der Waals surface area contributed by atoms with Gasteiger partial charge < -0.3 is 9.84 Å². The summed E-state index contributed by atoms with van der Waals surface area (Å²) < 4.78 is 5.83. The van der Waals surface area contributed by atoms with Gasteiger partial charge in [0.05, 0.1) is 12.5 Å². The van der Waals surface area contributed by atoms with Crippen molar-refractivity contribution in [3.63, 3.8) is 0 Å². The lowest BCUT2D eigenvalue weighted by molar-refractivity contribution is -0.162. The van der Waals surface area contributed by atoms with Crippen LogP contribution in [0, 0.1) is 46.3 Å². The van der Waals surface area contributed by atoms with E-state index in [1.807, 2.05) is 7.11 Å². The van der Waals surface area contributed by atoms with Gasteiger partial charge in [-0.25, -0.2) is 0 Å². The van der Waals surface area contributed by atoms with Crippen LogP contribution < -0.4 is 0 Å². The summed E-state index contributed by atoms with van der Waals surface area (Å²) >= 11 is 0. The van der Waals surface area contributed by atoms with Crippen molar-refractivity contribution in [3.8, 4) is 0 Å². The van der Waals surface area contributed by atoms with Crippen LogP contribution in [0.25, 0.3) is 0 Å². The summed E-state index contributed by atoms with van der Waals surface area (Å²) in [5, 5.41) is 9.74. The molecule has 0 saturated heterocycles. The molecule has 4 saturated carbocycles. The monoisotopic (exact) mass is 348 g/mol. The quantitative estimate of drug-likeness (QED) is 0.781. The van der Waals surface area contributed by atoms with E-state index in [1.165, 1.54) is 38.5 Å². The summed E-state index contributed by atoms with van der Waals surface area (Å²) in [4.78, 5) is 11.8. The van der Waals surface area contributed by atoms with Crippen LogP contribution in [0.1, 0.15) is 71.6 Å². The molecule has 25 heavy (non-hydrogen) atoms. The maximum absolute atomic E-state index is 11.8. The Morgan fingerprint density at radius 2 is 1.88 bits per heavy atom. The maximum atomic E-state index is 11.8. The van der Waals surface area contributed by atoms with Crippen LogP contribution in [0.15, 0.2) is 0 Å². The lowest BCUT2D eigenvalue weighted by atomic mass is 9.44. The molecule has 8 unspecified atom stereocenters. The van der Waals surface area contributed by atoms with Crippen molar-refractivity contribution < 1.29 is 14.6 Å². The fraction of sp³-hybridized carbons (Fsp3) is 0.955. The minimum atomic E-state index is -0.546. The molecule has 0 aromatic carbocycles. The number of aliphatic carboxylic acids is 1. The molecule has 4 fully saturated rings. The van der Waals surface area contributed by atoms with E-state index in [0.717, 1.165) is 49.5 Å². The zero-order valence-corrected chi connectivity index (χ0v) is 16.3. The molecule has 3 heteroatoms. The van der Waals surface area contributed by atoms with Crippen LogP contribution in [0.3, 0.4) is 0 Å². The maximum Gasteiger partial charge on any atom is 0.307 e. The molecule has 4 aliphatic rings. The predicted molar refractivity (Wildman–Crippen MR) is 98.2 cm³/mol. The van der Waals surface area contributed by atoms with Gasteiger partial charge in [0, 0.05) is 7.11 Å². The second-order valence-electron chi connectivity index (χ2n) is 10.2. The van der Waals surface area contributed by atoms with Gasteiger partial charge in [0.2, 0.25) is 0 Å². The zero-order valence-electron chi connectivity index (χ0n) is 16.3. The predicted octanol–water partition coefficient (Wildman–Crippen LogP) is 4.99. The molecule has 0 aliphatic heterocycles. The van der Waals surface area contributed by atoms with Crippen molar-refractivity contribution in [1.82, 2.24) is 0 Å². The molecule has 4 rings (SSSR count). The third-order valence-corrected chi connectivity index (χ3v) is 9.34. The topological polar surface area (TPSA) is 46.5 Å². The number of hydrogen-bond donors (Lipinski definition) is 1. The van der Waals surface area contributed by atoms with Crippen molar-refractivity contribution in [2.75, 3.05) is 13.7 Å². The van der Waals surface area contributed by atoms with Gasteiger partial charge in [0.15, 0.2) is 0 Å². The van der Waals surface area contributed by atoms with E-state index in [-0.39, 0.29) is 11.3 Å². The van der Waals surface area contributed by atoms with Crippen LogP contribution >= 0.6 is 0 Å². The van der Waals surface area contributed by atoms with Crippen LogP contribution in [0.2, 0.25) is 0 Å². The smallest absolute Gasteiger partial charge is 0.307 e. The highest BCUT2D eigenvalue weighted by molar-refractivity contribution is 5.71. The first-order valence-electron chi connectivity index (χ1n) is 10.6. The first-order chi connectivity index (χ1) is 11.9. The molecule has 8 atom stereocenters. The minimum Gasteiger partial charge on any atom is -0.481 e. The SMILES string of the molecule is COCC12CCC(C)CC1CCC1C3CCC(C(=O)O)C3(C)CCC12. The van der Waals surface area contributed by atoms with Crippen LogP contribution in [0.5, 0.6) is 0 Å². The summed E-state index contributed by atoms with van der Waals surface area (Å²) in [6, 6.07) is 0. The van der Waals surface area contributed by atoms with Gasteiger partial charge in [-0.2, -0.15) is 0 Å². The fourth-order valence-corrected chi connectivity index (χ4v) is 8.22. The first kappa shape index (κ1) is 17.8. The molecular weight excluding hydrogens is 312 g/mol. The number of ether oxygens (including phenoxy) is 1. The van der Waals surface area contributed by atoms with Gasteiger partial charge in [-0.1, -0.05) is 20.3 Å². The van der Waals surface area contributed by atoms with Crippen molar-refractivity contribution in [3.05, 3.63) is 0 Å². The summed E-state index contributed by atoms with van der Waals surface area (Å²) in [5.41, 5.74) is 0.420. The molecule has 142 valence electrons. The Morgan fingerprint density at radius 3 is 2.60 bits per heavy atom. The minimum absolute atomic E-state index is 0.0378. The van der Waals surface area contributed by atoms with Crippen LogP contribution in [-0.2, 0) is 9.53 Å². The Balaban J connectivity index is 1.64. The van der Waals surface area contributed by atoms with E-state index in [1.54, 1.807) is 0 Å². The molecule has 0 aromatic rings. The van der Waals surface area contributed by atoms with Crippen molar-refractivity contribution in [2.24, 2.45) is 46.3 Å². The van der Waals surface area contributed by atoms with E-state index in [9.17, 15) is 9.90 Å². The lowest BCUT2D eigenvalue weighted by Gasteiger charge is -2.61. The van der Waals surface area contributed by atoms with Crippen molar-refractivity contribution in [2.45, 2.75) is 71.6 Å². The number of carboxylic acids is 1. The Kier molecular flexibility index (Phi) is 4.46. The number of carboxylic acid groups (broad SMARTS) is 1. The van der Waals surface area contributed by atoms with Crippen molar-refractivity contribution in [1.29, 1.82) is 0 Å². The molecule has 0 bridgehead atoms. The first-order valence-corrected chi connectivity index (χ1v) is 10.6. The standard InChI is InChI=1S/C22H36O3/c1-14-8-11-22(13-25-3)15(12-14)4-5-16-17-6-7-19(20(23)24)21(17,2)10-9-18(16)22/h14-19H,4-13H2,1-3H3,(H,23,24). The third-order valence-electron chi connectivity index (χ3n) is 9.34. The molecule has 0 spiro atoms. The summed E-state index contributed by atoms with van der Waals surface area (Å²) in [6.07, 6.45) is 11.1. The average molecular weight is 349 g/mol. The Labute approximate surface area is 152 Å². The molecular formula is C22H36O3. The summed E-state index contributed by atoms with van der Waals surface area (Å²) in [6.45, 7) is 5.66. The molecule has 0 heterocycles. The van der Waals surface area contributed by atoms with Gasteiger partial charge in [-0.05, 0) is 91.8 Å². The summed E-state index contributed by atoms with van der Waals surface area (Å²) in [7, 11) is 1.89. The summed E-state index contributed by atoms with van der Waals surface area (Å²) in [5.74, 6) is 3.17. The molecule has 1 N–H and O–H groups in total. The van der Waals surface area contributed by atoms with Gasteiger partial charge in [-0.15, -0.1) is 0 Å². The number of fused-ring (bicyclic) bond motifs is 5. The molecule has 0 radical (unpaired) electrons. The zero-order chi connectivity index (χ0) is 17.8. The van der Waals surface area contributed by atoms with E-state index in [4.69, 9.17) is 4.74 Å². The largest absolute Gasteiger partial charge is 0.481 e. The van der Waals surface area contributed by atoms with E-state index in [2.05, 4.69) is 13.8 Å². The van der Waals surface area contributed by atoms with Gasteiger partial charge in [0.25, 0.3) is 0 Å². The number of rotatable bonds is 3. The normalized spacial score (nSPS) is 52.1. The molecule has 0 amide bonds. The third kappa shape index (κ3) is 2.51. The van der Waals surface area contributed by atoms with Gasteiger partial charge >= 0.3 is 5.97 Å². The van der Waals surface area contributed by atoms with Crippen LogP contribution in [0.4, 0.5) is 0 Å². The molecule has 4 aliphatic carbocycles. The lowest BCUT2D eigenvalue weighted by Crippen LogP contribution is -2.56. The van der Waals surface area contributed by atoms with Gasteiger partial charge in [-0.3, -0.25) is 4.79 Å². The Bertz CT molecular complexity index is 531. The number of methoxy groups -OCH3 is 1. The van der Waals surface area contributed by atoms with E-state index < -0.39 is 5.97 Å². The average Bonchev–Trinajstić information content (AvgIpc) is 2.93. The highest BCUT2D eigenvalue weighted by Crippen LogP contribution is 2.67. The second-order valence-corrected chi connectivity index (χ2v) is 10.2. The second kappa shape index (κ2) is 6.25. The molecule has 3 nitrogen and oxygen atoms in total. The van der Waals surface area contributed by atoms with Gasteiger partial charge in [0.1, 0.15) is 0 Å².